The van der Waals surface area contributed by atoms with E-state index in [9.17, 15) is 9.59 Å². The molecule has 4 aromatic carbocycles. The largest absolute Gasteiger partial charge is 0.457 e. The third-order valence-corrected chi connectivity index (χ3v) is 7.36. The van der Waals surface area contributed by atoms with Crippen LogP contribution in [0.1, 0.15) is 39.2 Å². The molecule has 6 aromatic rings. The predicted molar refractivity (Wildman–Crippen MR) is 153 cm³/mol. The molecule has 0 saturated carbocycles. The van der Waals surface area contributed by atoms with Crippen LogP contribution in [0.3, 0.4) is 0 Å². The molecule has 0 spiro atoms. The summed E-state index contributed by atoms with van der Waals surface area (Å²) in [6.07, 6.45) is 3.65. The highest BCUT2D eigenvalue weighted by atomic mass is 16.5. The van der Waals surface area contributed by atoms with Crippen LogP contribution in [0.5, 0.6) is 0 Å². The fourth-order valence-corrected chi connectivity index (χ4v) is 5.61. The summed E-state index contributed by atoms with van der Waals surface area (Å²) in [5, 5.41) is 3.50. The van der Waals surface area contributed by atoms with Crippen molar-refractivity contribution in [3.8, 4) is 0 Å². The van der Waals surface area contributed by atoms with Gasteiger partial charge in [-0.05, 0) is 58.5 Å². The lowest BCUT2D eigenvalue weighted by molar-refractivity contribution is 0.0475. The third-order valence-electron chi connectivity index (χ3n) is 7.36. The summed E-state index contributed by atoms with van der Waals surface area (Å²) in [5.41, 5.74) is 5.87. The Labute approximate surface area is 224 Å². The van der Waals surface area contributed by atoms with Crippen LogP contribution in [-0.4, -0.2) is 11.0 Å². The fourth-order valence-electron chi connectivity index (χ4n) is 5.61. The molecule has 39 heavy (non-hydrogen) atoms. The van der Waals surface area contributed by atoms with E-state index in [1.807, 2.05) is 72.8 Å². The van der Waals surface area contributed by atoms with Crippen molar-refractivity contribution in [3.05, 3.63) is 135 Å². The van der Waals surface area contributed by atoms with Gasteiger partial charge in [0.05, 0.1) is 16.8 Å². The molecule has 5 heteroatoms. The van der Waals surface area contributed by atoms with Crippen LogP contribution in [0.15, 0.2) is 106 Å². The summed E-state index contributed by atoms with van der Waals surface area (Å²) >= 11 is 0. The number of carbonyl (C=O) groups is 1. The Morgan fingerprint density at radius 1 is 0.872 bits per heavy atom. The van der Waals surface area contributed by atoms with Crippen molar-refractivity contribution in [2.24, 2.45) is 0 Å². The van der Waals surface area contributed by atoms with Gasteiger partial charge in [-0.25, -0.2) is 14.6 Å². The molecule has 188 valence electrons. The Hall–Kier alpha value is -5.03. The van der Waals surface area contributed by atoms with Crippen molar-refractivity contribution in [1.82, 2.24) is 4.98 Å². The van der Waals surface area contributed by atoms with Crippen LogP contribution in [0, 0.1) is 0 Å². The number of aromatic nitrogens is 1. The van der Waals surface area contributed by atoms with E-state index in [0.29, 0.717) is 23.1 Å². The number of hydrogen-bond donors (Lipinski definition) is 0. The second-order valence-corrected chi connectivity index (χ2v) is 9.74. The van der Waals surface area contributed by atoms with Gasteiger partial charge in [0, 0.05) is 22.4 Å². The molecule has 0 amide bonds. The van der Waals surface area contributed by atoms with Crippen molar-refractivity contribution in [3.63, 3.8) is 0 Å². The zero-order valence-corrected chi connectivity index (χ0v) is 21.0. The summed E-state index contributed by atoms with van der Waals surface area (Å²) in [6, 6.07) is 30.8. The van der Waals surface area contributed by atoms with Gasteiger partial charge < -0.3 is 9.15 Å². The number of para-hydroxylation sites is 1. The van der Waals surface area contributed by atoms with Crippen molar-refractivity contribution in [1.29, 1.82) is 0 Å². The van der Waals surface area contributed by atoms with E-state index in [4.69, 9.17) is 14.1 Å². The molecule has 0 saturated heterocycles. The van der Waals surface area contributed by atoms with Crippen molar-refractivity contribution in [2.45, 2.75) is 19.4 Å². The van der Waals surface area contributed by atoms with Gasteiger partial charge in [0.2, 0.25) is 0 Å². The first-order valence-electron chi connectivity index (χ1n) is 12.9. The zero-order valence-electron chi connectivity index (χ0n) is 21.0. The minimum atomic E-state index is -0.477. The standard InChI is InChI=1S/C34H23NO4/c36-30-19-24(31-25-11-5-4-10-22(25)15-17-29(31)39-30)20-38-34(37)32-26-12-6-7-13-28(26)35-33-23(14-16-27(32)33)18-21-8-2-1-3-9-21/h1-13,15,17-19H,14,16,20H2. The topological polar surface area (TPSA) is 69.4 Å². The van der Waals surface area contributed by atoms with E-state index in [1.54, 1.807) is 6.07 Å². The van der Waals surface area contributed by atoms with Gasteiger partial charge in [0.1, 0.15) is 12.2 Å². The number of hydrogen-bond acceptors (Lipinski definition) is 5. The number of nitrogens with zero attached hydrogens (tertiary/aromatic N) is 1. The van der Waals surface area contributed by atoms with Gasteiger partial charge in [0.15, 0.2) is 0 Å². The third kappa shape index (κ3) is 4.09. The van der Waals surface area contributed by atoms with Crippen LogP contribution >= 0.6 is 0 Å². The van der Waals surface area contributed by atoms with E-state index >= 15 is 0 Å². The lowest BCUT2D eigenvalue weighted by Crippen LogP contribution is -2.12. The van der Waals surface area contributed by atoms with Gasteiger partial charge in [-0.2, -0.15) is 0 Å². The number of allylic oxidation sites excluding steroid dienone is 1. The van der Waals surface area contributed by atoms with E-state index in [-0.39, 0.29) is 6.61 Å². The quantitative estimate of drug-likeness (QED) is 0.141. The normalized spacial score (nSPS) is 13.8. The Bertz CT molecular complexity index is 2000. The molecule has 0 fully saturated rings. The molecule has 0 atom stereocenters. The summed E-state index contributed by atoms with van der Waals surface area (Å²) in [5.74, 6) is -0.424. The molecule has 0 aliphatic heterocycles. The van der Waals surface area contributed by atoms with Gasteiger partial charge in [0.25, 0.3) is 0 Å². The number of pyridine rings is 1. The lowest BCUT2D eigenvalue weighted by atomic mass is 10.0. The predicted octanol–water partition coefficient (Wildman–Crippen LogP) is 7.34. The average Bonchev–Trinajstić information content (AvgIpc) is 3.36. The van der Waals surface area contributed by atoms with Crippen LogP contribution in [0.25, 0.3) is 44.3 Å². The van der Waals surface area contributed by atoms with Crippen molar-refractivity contribution < 1.29 is 13.9 Å². The summed E-state index contributed by atoms with van der Waals surface area (Å²) in [6.45, 7) is -0.0485. The highest BCUT2D eigenvalue weighted by molar-refractivity contribution is 6.08. The minimum absolute atomic E-state index is 0.0485. The maximum Gasteiger partial charge on any atom is 0.339 e. The molecule has 1 aliphatic carbocycles. The minimum Gasteiger partial charge on any atom is -0.457 e. The molecule has 0 bridgehead atoms. The molecule has 7 rings (SSSR count). The zero-order chi connectivity index (χ0) is 26.3. The summed E-state index contributed by atoms with van der Waals surface area (Å²) in [7, 11) is 0. The Balaban J connectivity index is 1.31. The first-order chi connectivity index (χ1) is 19.2. The molecule has 0 unspecified atom stereocenters. The van der Waals surface area contributed by atoms with Crippen molar-refractivity contribution >= 4 is 50.3 Å². The number of ether oxygens (including phenoxy) is 1. The molecule has 1 aliphatic rings. The van der Waals surface area contributed by atoms with Gasteiger partial charge in [-0.3, -0.25) is 0 Å². The number of fused-ring (bicyclic) bond motifs is 5. The van der Waals surface area contributed by atoms with E-state index in [1.165, 1.54) is 6.07 Å². The monoisotopic (exact) mass is 509 g/mol. The molecule has 0 N–H and O–H groups in total. The molecule has 0 radical (unpaired) electrons. The van der Waals surface area contributed by atoms with Crippen LogP contribution < -0.4 is 5.63 Å². The van der Waals surface area contributed by atoms with E-state index in [0.717, 1.165) is 55.9 Å². The Morgan fingerprint density at radius 3 is 2.51 bits per heavy atom. The van der Waals surface area contributed by atoms with Gasteiger partial charge in [-0.1, -0.05) is 78.9 Å². The average molecular weight is 510 g/mol. The fraction of sp³-hybridized carbons (Fsp3) is 0.0882. The maximum atomic E-state index is 13.8. The first-order valence-corrected chi connectivity index (χ1v) is 12.9. The Morgan fingerprint density at radius 2 is 1.64 bits per heavy atom. The number of carbonyl (C=O) groups excluding carboxylic acids is 1. The summed E-state index contributed by atoms with van der Waals surface area (Å²) < 4.78 is 11.4. The summed E-state index contributed by atoms with van der Waals surface area (Å²) in [4.78, 5) is 31.1. The van der Waals surface area contributed by atoms with Crippen LogP contribution in [-0.2, 0) is 17.8 Å². The molecule has 2 heterocycles. The van der Waals surface area contributed by atoms with E-state index in [2.05, 4.69) is 18.2 Å². The molecular weight excluding hydrogens is 486 g/mol. The second kappa shape index (κ2) is 9.37. The van der Waals surface area contributed by atoms with Gasteiger partial charge >= 0.3 is 11.6 Å². The first kappa shape index (κ1) is 23.1. The second-order valence-electron chi connectivity index (χ2n) is 9.74. The van der Waals surface area contributed by atoms with Crippen LogP contribution in [0.4, 0.5) is 0 Å². The lowest BCUT2D eigenvalue weighted by Gasteiger charge is -2.13. The molecule has 5 nitrogen and oxygen atoms in total. The maximum absolute atomic E-state index is 13.8. The van der Waals surface area contributed by atoms with Gasteiger partial charge in [-0.15, -0.1) is 0 Å². The number of rotatable bonds is 4. The number of esters is 1. The highest BCUT2D eigenvalue weighted by Crippen LogP contribution is 2.38. The molecular formula is C34H23NO4. The highest BCUT2D eigenvalue weighted by Gasteiger charge is 2.28. The SMILES string of the molecule is O=C(OCc1cc(=O)oc2ccc3ccccc3c12)c1c2c(nc3ccccc13)C(=Cc1ccccc1)CC2. The Kier molecular flexibility index (Phi) is 5.55. The molecule has 2 aromatic heterocycles. The smallest absolute Gasteiger partial charge is 0.339 e. The van der Waals surface area contributed by atoms with Crippen molar-refractivity contribution in [2.75, 3.05) is 0 Å². The number of benzene rings is 4. The van der Waals surface area contributed by atoms with Crippen LogP contribution in [0.2, 0.25) is 0 Å². The van der Waals surface area contributed by atoms with E-state index < -0.39 is 11.6 Å².